The number of aliphatic hydroxyl groups excluding tert-OH is 1. The quantitative estimate of drug-likeness (QED) is 0.853. The maximum Gasteiger partial charge on any atom is 0.317 e. The van der Waals surface area contributed by atoms with E-state index in [2.05, 4.69) is 54.5 Å². The van der Waals surface area contributed by atoms with Crippen LogP contribution in [-0.4, -0.2) is 48.8 Å². The Morgan fingerprint density at radius 1 is 1.18 bits per heavy atom. The molecule has 0 radical (unpaired) electrons. The number of rotatable bonds is 4. The molecule has 148 valence electrons. The van der Waals surface area contributed by atoms with E-state index in [1.165, 1.54) is 11.1 Å². The number of benzene rings is 2. The number of likely N-dealkylation sites (tertiary alicyclic amines) is 1. The zero-order valence-corrected chi connectivity index (χ0v) is 16.6. The molecule has 0 aromatic heterocycles. The Balaban J connectivity index is 1.77. The Kier molecular flexibility index (Phi) is 5.27. The number of carbonyl (C=O) groups is 1. The second-order valence-electron chi connectivity index (χ2n) is 7.82. The highest BCUT2D eigenvalue weighted by molar-refractivity contribution is 5.77. The molecule has 2 aromatic carbocycles. The van der Waals surface area contributed by atoms with E-state index in [9.17, 15) is 9.90 Å². The molecule has 28 heavy (non-hydrogen) atoms. The summed E-state index contributed by atoms with van der Waals surface area (Å²) < 4.78 is 0. The predicted molar refractivity (Wildman–Crippen MR) is 112 cm³/mol. The Bertz CT molecular complexity index is 839. The second-order valence-corrected chi connectivity index (χ2v) is 7.82. The molecule has 2 aliphatic rings. The van der Waals surface area contributed by atoms with Crippen molar-refractivity contribution in [1.29, 1.82) is 0 Å². The molecule has 5 heteroatoms. The number of anilines is 1. The first-order valence-electron chi connectivity index (χ1n) is 10.2. The van der Waals surface area contributed by atoms with Crippen LogP contribution in [0.1, 0.15) is 31.4 Å². The van der Waals surface area contributed by atoms with Gasteiger partial charge in [0.1, 0.15) is 0 Å². The summed E-state index contributed by atoms with van der Waals surface area (Å²) in [6.07, 6.45) is 1.83. The normalized spacial score (nSPS) is 23.3. The molecule has 2 amide bonds. The van der Waals surface area contributed by atoms with E-state index in [1.807, 2.05) is 23.1 Å². The Hall–Kier alpha value is -2.53. The van der Waals surface area contributed by atoms with E-state index in [0.29, 0.717) is 6.54 Å². The van der Waals surface area contributed by atoms with Crippen LogP contribution >= 0.6 is 0 Å². The average molecular weight is 380 g/mol. The van der Waals surface area contributed by atoms with Gasteiger partial charge in [-0.15, -0.1) is 0 Å². The molecule has 2 aliphatic heterocycles. The molecule has 0 saturated carbocycles. The fraction of sp³-hybridized carbons (Fsp3) is 0.435. The number of carbonyl (C=O) groups excluding carboxylic acids is 1. The van der Waals surface area contributed by atoms with Gasteiger partial charge in [-0.1, -0.05) is 43.3 Å². The zero-order valence-electron chi connectivity index (χ0n) is 16.6. The maximum atomic E-state index is 12.8. The lowest BCUT2D eigenvalue weighted by molar-refractivity contribution is 0.161. The number of fused-ring (bicyclic) bond motifs is 3. The average Bonchev–Trinajstić information content (AvgIpc) is 3.18. The van der Waals surface area contributed by atoms with Crippen molar-refractivity contribution in [2.24, 2.45) is 5.92 Å². The highest BCUT2D eigenvalue weighted by Gasteiger charge is 2.47. The lowest BCUT2D eigenvalue weighted by atomic mass is 9.81. The van der Waals surface area contributed by atoms with Crippen molar-refractivity contribution in [3.63, 3.8) is 0 Å². The van der Waals surface area contributed by atoms with Crippen molar-refractivity contribution in [3.05, 3.63) is 54.1 Å². The first-order chi connectivity index (χ1) is 13.7. The number of urea groups is 1. The van der Waals surface area contributed by atoms with Crippen molar-refractivity contribution in [2.45, 2.75) is 31.8 Å². The maximum absolute atomic E-state index is 12.8. The van der Waals surface area contributed by atoms with E-state index in [-0.39, 0.29) is 30.6 Å². The largest absolute Gasteiger partial charge is 0.394 e. The van der Waals surface area contributed by atoms with Gasteiger partial charge in [-0.25, -0.2) is 4.79 Å². The smallest absolute Gasteiger partial charge is 0.317 e. The number of hydrogen-bond donors (Lipinski definition) is 2. The summed E-state index contributed by atoms with van der Waals surface area (Å²) in [5.41, 5.74) is 4.63. The third kappa shape index (κ3) is 3.14. The lowest BCUT2D eigenvalue weighted by Gasteiger charge is -2.44. The summed E-state index contributed by atoms with van der Waals surface area (Å²) in [4.78, 5) is 17.0. The molecule has 0 unspecified atom stereocenters. The van der Waals surface area contributed by atoms with Crippen molar-refractivity contribution in [3.8, 4) is 11.1 Å². The zero-order chi connectivity index (χ0) is 19.7. The SMILES string of the molecule is CCCNC(=O)N1CC[C@@H]2[C@@H](CO)N(C)c3ccc(-c4ccccc4)cc3[C@@H]21. The van der Waals surface area contributed by atoms with Gasteiger partial charge in [0.2, 0.25) is 0 Å². The summed E-state index contributed by atoms with van der Waals surface area (Å²) >= 11 is 0. The summed E-state index contributed by atoms with van der Waals surface area (Å²) in [6.45, 7) is 3.57. The number of aliphatic hydroxyl groups is 1. The van der Waals surface area contributed by atoms with Crippen LogP contribution in [-0.2, 0) is 0 Å². The van der Waals surface area contributed by atoms with E-state index in [0.717, 1.165) is 30.6 Å². The van der Waals surface area contributed by atoms with E-state index < -0.39 is 0 Å². The van der Waals surface area contributed by atoms with Gasteiger partial charge in [-0.2, -0.15) is 0 Å². The number of nitrogens with zero attached hydrogens (tertiary/aromatic N) is 2. The van der Waals surface area contributed by atoms with Crippen LogP contribution in [0.3, 0.4) is 0 Å². The fourth-order valence-corrected chi connectivity index (χ4v) is 4.83. The molecule has 2 aromatic rings. The third-order valence-electron chi connectivity index (χ3n) is 6.24. The van der Waals surface area contributed by atoms with E-state index in [1.54, 1.807) is 0 Å². The molecule has 0 aliphatic carbocycles. The van der Waals surface area contributed by atoms with Crippen molar-refractivity contribution < 1.29 is 9.90 Å². The molecular formula is C23H29N3O2. The van der Waals surface area contributed by atoms with Gasteiger partial charge in [0.15, 0.2) is 0 Å². The van der Waals surface area contributed by atoms with Crippen molar-refractivity contribution >= 4 is 11.7 Å². The van der Waals surface area contributed by atoms with E-state index >= 15 is 0 Å². The van der Waals surface area contributed by atoms with Gasteiger partial charge in [0.05, 0.1) is 18.7 Å². The van der Waals surface area contributed by atoms with Crippen molar-refractivity contribution in [1.82, 2.24) is 10.2 Å². The summed E-state index contributed by atoms with van der Waals surface area (Å²) in [5, 5.41) is 13.1. The monoisotopic (exact) mass is 379 g/mol. The van der Waals surface area contributed by atoms with Crippen LogP contribution < -0.4 is 10.2 Å². The van der Waals surface area contributed by atoms with Crippen LogP contribution in [0, 0.1) is 5.92 Å². The summed E-state index contributed by atoms with van der Waals surface area (Å²) in [7, 11) is 2.05. The summed E-state index contributed by atoms with van der Waals surface area (Å²) in [5.74, 6) is 0.237. The number of nitrogens with one attached hydrogen (secondary N) is 1. The molecule has 3 atom stereocenters. The minimum Gasteiger partial charge on any atom is -0.394 e. The Labute approximate surface area is 167 Å². The second kappa shape index (κ2) is 7.84. The fourth-order valence-electron chi connectivity index (χ4n) is 4.83. The van der Waals surface area contributed by atoms with Gasteiger partial charge >= 0.3 is 6.03 Å². The molecule has 1 saturated heterocycles. The van der Waals surface area contributed by atoms with Gasteiger partial charge in [-0.05, 0) is 41.7 Å². The standard InChI is InChI=1S/C23H29N3O2/c1-3-12-24-23(28)26-13-11-18-21(15-27)25(2)20-10-9-17(14-19(20)22(18)26)16-7-5-4-6-8-16/h4-10,14,18,21-22,27H,3,11-13,15H2,1-2H3,(H,24,28)/t18-,21-,22-/m1/s1. The van der Waals surface area contributed by atoms with Crippen LogP contribution in [0.15, 0.2) is 48.5 Å². The molecular weight excluding hydrogens is 350 g/mol. The first kappa shape index (κ1) is 18.8. The van der Waals surface area contributed by atoms with Gasteiger partial charge < -0.3 is 20.2 Å². The number of amides is 2. The van der Waals surface area contributed by atoms with Gasteiger partial charge in [0.25, 0.3) is 0 Å². The first-order valence-corrected chi connectivity index (χ1v) is 10.2. The third-order valence-corrected chi connectivity index (χ3v) is 6.24. The number of likely N-dealkylation sites (N-methyl/N-ethyl adjacent to an activating group) is 1. The molecule has 2 N–H and O–H groups in total. The van der Waals surface area contributed by atoms with Crippen LogP contribution in [0.2, 0.25) is 0 Å². The highest BCUT2D eigenvalue weighted by Crippen LogP contribution is 2.49. The van der Waals surface area contributed by atoms with E-state index in [4.69, 9.17) is 0 Å². The molecule has 5 nitrogen and oxygen atoms in total. The summed E-state index contributed by atoms with van der Waals surface area (Å²) in [6, 6.07) is 16.9. The van der Waals surface area contributed by atoms with Crippen LogP contribution in [0.4, 0.5) is 10.5 Å². The number of hydrogen-bond acceptors (Lipinski definition) is 3. The molecule has 2 heterocycles. The lowest BCUT2D eigenvalue weighted by Crippen LogP contribution is -2.49. The topological polar surface area (TPSA) is 55.8 Å². The molecule has 0 spiro atoms. The minimum atomic E-state index is 0.00358. The van der Waals surface area contributed by atoms with Gasteiger partial charge in [0, 0.05) is 31.7 Å². The van der Waals surface area contributed by atoms with Crippen LogP contribution in [0.5, 0.6) is 0 Å². The van der Waals surface area contributed by atoms with Crippen LogP contribution in [0.25, 0.3) is 11.1 Å². The predicted octanol–water partition coefficient (Wildman–Crippen LogP) is 3.65. The van der Waals surface area contributed by atoms with Gasteiger partial charge in [-0.3, -0.25) is 0 Å². The highest BCUT2D eigenvalue weighted by atomic mass is 16.3. The molecule has 4 rings (SSSR count). The Morgan fingerprint density at radius 3 is 2.68 bits per heavy atom. The Morgan fingerprint density at radius 2 is 1.96 bits per heavy atom. The minimum absolute atomic E-state index is 0.00358. The molecule has 0 bridgehead atoms. The van der Waals surface area contributed by atoms with Crippen molar-refractivity contribution in [2.75, 3.05) is 31.6 Å². The molecule has 1 fully saturated rings.